The van der Waals surface area contributed by atoms with Crippen LogP contribution in [-0.2, 0) is 10.0 Å². The average Bonchev–Trinajstić information content (AvgIpc) is 2.42. The number of ether oxygens (including phenoxy) is 1. The van der Waals surface area contributed by atoms with E-state index in [4.69, 9.17) is 27.9 Å². The van der Waals surface area contributed by atoms with Crippen molar-refractivity contribution in [2.45, 2.75) is 4.90 Å². The van der Waals surface area contributed by atoms with Crippen LogP contribution in [0.3, 0.4) is 0 Å². The van der Waals surface area contributed by atoms with Crippen molar-refractivity contribution in [3.63, 3.8) is 0 Å². The lowest BCUT2D eigenvalue weighted by molar-refractivity contribution is 0.403. The van der Waals surface area contributed by atoms with Crippen LogP contribution in [0.2, 0.25) is 10.0 Å². The summed E-state index contributed by atoms with van der Waals surface area (Å²) in [5.41, 5.74) is 0.445. The highest BCUT2D eigenvalue weighted by molar-refractivity contribution is 7.92. The molecule has 0 aliphatic heterocycles. The maximum atomic E-state index is 12.4. The van der Waals surface area contributed by atoms with Crippen molar-refractivity contribution in [3.05, 3.63) is 52.5 Å². The van der Waals surface area contributed by atoms with Gasteiger partial charge in [-0.15, -0.1) is 0 Å². The summed E-state index contributed by atoms with van der Waals surface area (Å²) in [7, 11) is -2.48. The summed E-state index contributed by atoms with van der Waals surface area (Å²) < 4.78 is 32.2. The summed E-state index contributed by atoms with van der Waals surface area (Å²) >= 11 is 11.8. The average molecular weight is 332 g/mol. The molecular weight excluding hydrogens is 321 g/mol. The van der Waals surface area contributed by atoms with Crippen molar-refractivity contribution < 1.29 is 13.2 Å². The zero-order valence-electron chi connectivity index (χ0n) is 10.4. The molecule has 0 saturated carbocycles. The summed E-state index contributed by atoms with van der Waals surface area (Å²) in [6.07, 6.45) is 0. The van der Waals surface area contributed by atoms with Crippen molar-refractivity contribution in [1.82, 2.24) is 0 Å². The molecule has 4 nitrogen and oxygen atoms in total. The van der Waals surface area contributed by atoms with E-state index in [1.807, 2.05) is 0 Å². The van der Waals surface area contributed by atoms with Gasteiger partial charge in [-0.1, -0.05) is 41.4 Å². The Balaban J connectivity index is 2.47. The molecule has 0 amide bonds. The minimum atomic E-state index is -3.81. The molecule has 2 rings (SSSR count). The first-order valence-corrected chi connectivity index (χ1v) is 7.79. The maximum Gasteiger partial charge on any atom is 0.265 e. The zero-order chi connectivity index (χ0) is 14.8. The Bertz CT molecular complexity index is 718. The molecule has 0 aromatic heterocycles. The largest absolute Gasteiger partial charge is 0.494 e. The van der Waals surface area contributed by atoms with E-state index < -0.39 is 10.0 Å². The summed E-state index contributed by atoms with van der Waals surface area (Å²) in [5, 5.41) is 0.285. The lowest BCUT2D eigenvalue weighted by Gasteiger charge is -2.13. The molecule has 0 aliphatic rings. The summed E-state index contributed by atoms with van der Waals surface area (Å²) in [5.74, 6) is 0.0163. The van der Waals surface area contributed by atoms with Gasteiger partial charge in [0.15, 0.2) is 5.75 Å². The standard InChI is InChI=1S/C13H11Cl2NO3S/c1-19-13-11(8-7-10(14)12(13)15)20(17,18)16-9-5-3-2-4-6-9/h2-8,16H,1H3. The van der Waals surface area contributed by atoms with Gasteiger partial charge in [0.05, 0.1) is 12.1 Å². The molecular formula is C13H11Cl2NO3S. The van der Waals surface area contributed by atoms with Crippen LogP contribution < -0.4 is 9.46 Å². The van der Waals surface area contributed by atoms with E-state index in [-0.39, 0.29) is 20.7 Å². The van der Waals surface area contributed by atoms with Gasteiger partial charge in [0.25, 0.3) is 10.0 Å². The Morgan fingerprint density at radius 1 is 1.05 bits per heavy atom. The van der Waals surface area contributed by atoms with Gasteiger partial charge in [-0.2, -0.15) is 0 Å². The predicted molar refractivity (Wildman–Crippen MR) is 80.3 cm³/mol. The second-order valence-corrected chi connectivity index (χ2v) is 6.30. The van der Waals surface area contributed by atoms with Gasteiger partial charge in [0.1, 0.15) is 9.92 Å². The second kappa shape index (κ2) is 5.91. The second-order valence-electron chi connectivity index (χ2n) is 3.86. The molecule has 106 valence electrons. The van der Waals surface area contributed by atoms with Crippen LogP contribution in [0.15, 0.2) is 47.4 Å². The normalized spacial score (nSPS) is 11.2. The number of methoxy groups -OCH3 is 1. The monoisotopic (exact) mass is 331 g/mol. The summed E-state index contributed by atoms with van der Waals surface area (Å²) in [6, 6.07) is 11.3. The fraction of sp³-hybridized carbons (Fsp3) is 0.0769. The van der Waals surface area contributed by atoms with Gasteiger partial charge in [-0.25, -0.2) is 8.42 Å². The number of benzene rings is 2. The molecule has 7 heteroatoms. The van der Waals surface area contributed by atoms with Crippen LogP contribution in [0.5, 0.6) is 5.75 Å². The molecule has 2 aromatic carbocycles. The minimum absolute atomic E-state index is 0.0163. The minimum Gasteiger partial charge on any atom is -0.494 e. The number of hydrogen-bond acceptors (Lipinski definition) is 3. The summed E-state index contributed by atoms with van der Waals surface area (Å²) in [6.45, 7) is 0. The van der Waals surface area contributed by atoms with Gasteiger partial charge in [0, 0.05) is 5.69 Å². The summed E-state index contributed by atoms with van der Waals surface area (Å²) in [4.78, 5) is -0.0711. The SMILES string of the molecule is COc1c(S(=O)(=O)Nc2ccccc2)ccc(Cl)c1Cl. The molecule has 0 spiro atoms. The van der Waals surface area contributed by atoms with E-state index in [2.05, 4.69) is 4.72 Å². The van der Waals surface area contributed by atoms with Crippen molar-refractivity contribution in [2.24, 2.45) is 0 Å². The molecule has 0 unspecified atom stereocenters. The number of anilines is 1. The molecule has 1 N–H and O–H groups in total. The third-order valence-corrected chi connectivity index (χ3v) is 4.73. The lowest BCUT2D eigenvalue weighted by atomic mass is 10.3. The molecule has 0 saturated heterocycles. The van der Waals surface area contributed by atoms with Gasteiger partial charge >= 0.3 is 0 Å². The zero-order valence-corrected chi connectivity index (χ0v) is 12.8. The fourth-order valence-electron chi connectivity index (χ4n) is 1.63. The van der Waals surface area contributed by atoms with Crippen molar-refractivity contribution in [3.8, 4) is 5.75 Å². The Morgan fingerprint density at radius 3 is 2.30 bits per heavy atom. The molecule has 0 atom stereocenters. The molecule has 0 aliphatic carbocycles. The van der Waals surface area contributed by atoms with Crippen LogP contribution in [-0.4, -0.2) is 15.5 Å². The van der Waals surface area contributed by atoms with Crippen LogP contribution in [0.25, 0.3) is 0 Å². The van der Waals surface area contributed by atoms with Crippen LogP contribution in [0.4, 0.5) is 5.69 Å². The van der Waals surface area contributed by atoms with E-state index in [0.29, 0.717) is 5.69 Å². The fourth-order valence-corrected chi connectivity index (χ4v) is 3.31. The molecule has 20 heavy (non-hydrogen) atoms. The number of halogens is 2. The molecule has 0 bridgehead atoms. The third kappa shape index (κ3) is 3.00. The number of rotatable bonds is 4. The third-order valence-electron chi connectivity index (χ3n) is 2.53. The first kappa shape index (κ1) is 15.0. The first-order chi connectivity index (χ1) is 9.45. The van der Waals surface area contributed by atoms with E-state index in [1.165, 1.54) is 19.2 Å². The number of hydrogen-bond donors (Lipinski definition) is 1. The predicted octanol–water partition coefficient (Wildman–Crippen LogP) is 3.80. The van der Waals surface area contributed by atoms with Gasteiger partial charge < -0.3 is 4.74 Å². The smallest absolute Gasteiger partial charge is 0.265 e. The highest BCUT2D eigenvalue weighted by Gasteiger charge is 2.23. The van der Waals surface area contributed by atoms with E-state index in [0.717, 1.165) is 0 Å². The van der Waals surface area contributed by atoms with E-state index in [1.54, 1.807) is 30.3 Å². The van der Waals surface area contributed by atoms with Crippen molar-refractivity contribution in [2.75, 3.05) is 11.8 Å². The molecule has 0 heterocycles. The number of para-hydroxylation sites is 1. The van der Waals surface area contributed by atoms with E-state index >= 15 is 0 Å². The Hall–Kier alpha value is -1.43. The maximum absolute atomic E-state index is 12.4. The Morgan fingerprint density at radius 2 is 1.70 bits per heavy atom. The van der Waals surface area contributed by atoms with Crippen molar-refractivity contribution >= 4 is 38.9 Å². The quantitative estimate of drug-likeness (QED) is 0.926. The Kier molecular flexibility index (Phi) is 4.42. The highest BCUT2D eigenvalue weighted by atomic mass is 35.5. The first-order valence-electron chi connectivity index (χ1n) is 5.55. The van der Waals surface area contributed by atoms with Crippen LogP contribution >= 0.6 is 23.2 Å². The lowest BCUT2D eigenvalue weighted by Crippen LogP contribution is -2.14. The van der Waals surface area contributed by atoms with Crippen LogP contribution in [0.1, 0.15) is 0 Å². The number of nitrogens with one attached hydrogen (secondary N) is 1. The highest BCUT2D eigenvalue weighted by Crippen LogP contribution is 2.37. The topological polar surface area (TPSA) is 55.4 Å². The molecule has 0 fully saturated rings. The molecule has 2 aromatic rings. The number of sulfonamides is 1. The van der Waals surface area contributed by atoms with Gasteiger partial charge in [-0.05, 0) is 24.3 Å². The van der Waals surface area contributed by atoms with Gasteiger partial charge in [0.2, 0.25) is 0 Å². The Labute approximate surface area is 127 Å². The van der Waals surface area contributed by atoms with Crippen molar-refractivity contribution in [1.29, 1.82) is 0 Å². The van der Waals surface area contributed by atoms with Gasteiger partial charge in [-0.3, -0.25) is 4.72 Å². The van der Waals surface area contributed by atoms with E-state index in [9.17, 15) is 8.42 Å². The molecule has 0 radical (unpaired) electrons. The van der Waals surface area contributed by atoms with Crippen LogP contribution in [0, 0.1) is 0 Å².